The van der Waals surface area contributed by atoms with Gasteiger partial charge in [-0.15, -0.1) is 0 Å². The zero-order valence-corrected chi connectivity index (χ0v) is 26.2. The lowest BCUT2D eigenvalue weighted by Gasteiger charge is -2.33. The SMILES string of the molecule is CCCCNC(=O)C(Cc1ccccc1)N(Cc1ccc(Br)cc1)C(=O)CN(c1cc([N+](=O)[O-])ccc1C)S(C)(=O)=O. The fraction of sp³-hybridized carbons (Fsp3) is 0.333. The molecule has 1 atom stereocenters. The van der Waals surface area contributed by atoms with E-state index < -0.39 is 33.4 Å². The number of anilines is 1. The first kappa shape index (κ1) is 32.7. The van der Waals surface area contributed by atoms with E-state index in [1.165, 1.54) is 17.0 Å². The average Bonchev–Trinajstić information content (AvgIpc) is 2.95. The molecule has 42 heavy (non-hydrogen) atoms. The summed E-state index contributed by atoms with van der Waals surface area (Å²) >= 11 is 3.41. The number of benzene rings is 3. The number of sulfonamides is 1. The van der Waals surface area contributed by atoms with Crippen LogP contribution in [0.1, 0.15) is 36.5 Å². The van der Waals surface area contributed by atoms with Gasteiger partial charge in [0.15, 0.2) is 0 Å². The number of carbonyl (C=O) groups is 2. The van der Waals surface area contributed by atoms with Crippen molar-refractivity contribution in [3.8, 4) is 0 Å². The monoisotopic (exact) mass is 658 g/mol. The normalized spacial score (nSPS) is 11.9. The highest BCUT2D eigenvalue weighted by atomic mass is 79.9. The van der Waals surface area contributed by atoms with Crippen LogP contribution < -0.4 is 9.62 Å². The number of nitrogens with zero attached hydrogens (tertiary/aromatic N) is 3. The predicted molar refractivity (Wildman–Crippen MR) is 167 cm³/mol. The summed E-state index contributed by atoms with van der Waals surface area (Å²) in [5.41, 5.74) is 1.73. The molecule has 0 saturated carbocycles. The number of nitro benzene ring substituents is 1. The maximum Gasteiger partial charge on any atom is 0.271 e. The Bertz CT molecular complexity index is 1500. The first-order chi connectivity index (χ1) is 19.9. The van der Waals surface area contributed by atoms with Gasteiger partial charge in [0.2, 0.25) is 21.8 Å². The molecule has 0 saturated heterocycles. The minimum absolute atomic E-state index is 0.0237. The van der Waals surface area contributed by atoms with Crippen LogP contribution in [0.2, 0.25) is 0 Å². The van der Waals surface area contributed by atoms with Crippen molar-refractivity contribution in [3.05, 3.63) is 104 Å². The molecular formula is C30H35BrN4O6S. The van der Waals surface area contributed by atoms with Gasteiger partial charge in [0.25, 0.3) is 5.69 Å². The van der Waals surface area contributed by atoms with Gasteiger partial charge in [-0.05, 0) is 42.2 Å². The molecule has 0 aromatic heterocycles. The summed E-state index contributed by atoms with van der Waals surface area (Å²) in [4.78, 5) is 40.0. The first-order valence-electron chi connectivity index (χ1n) is 13.5. The van der Waals surface area contributed by atoms with Gasteiger partial charge in [0, 0.05) is 36.1 Å². The maximum atomic E-state index is 14.1. The van der Waals surface area contributed by atoms with E-state index in [1.807, 2.05) is 61.5 Å². The molecule has 0 fully saturated rings. The van der Waals surface area contributed by atoms with Gasteiger partial charge >= 0.3 is 0 Å². The second kappa shape index (κ2) is 14.9. The third-order valence-corrected chi connectivity index (χ3v) is 8.37. The van der Waals surface area contributed by atoms with Gasteiger partial charge < -0.3 is 10.2 Å². The number of unbranched alkanes of at least 4 members (excludes halogenated alkanes) is 1. The van der Waals surface area contributed by atoms with Crippen molar-refractivity contribution in [1.82, 2.24) is 10.2 Å². The highest BCUT2D eigenvalue weighted by molar-refractivity contribution is 9.10. The lowest BCUT2D eigenvalue weighted by Crippen LogP contribution is -2.53. The van der Waals surface area contributed by atoms with E-state index in [2.05, 4.69) is 21.2 Å². The summed E-state index contributed by atoms with van der Waals surface area (Å²) in [7, 11) is -4.06. The Morgan fingerprint density at radius 3 is 2.29 bits per heavy atom. The summed E-state index contributed by atoms with van der Waals surface area (Å²) in [6, 6.07) is 19.5. The molecule has 3 aromatic rings. The number of carbonyl (C=O) groups excluding carboxylic acids is 2. The van der Waals surface area contributed by atoms with Gasteiger partial charge in [0.05, 0.1) is 16.9 Å². The van der Waals surface area contributed by atoms with E-state index in [0.29, 0.717) is 12.1 Å². The second-order valence-corrected chi connectivity index (χ2v) is 12.8. The van der Waals surface area contributed by atoms with Crippen molar-refractivity contribution in [1.29, 1.82) is 0 Å². The van der Waals surface area contributed by atoms with E-state index in [-0.39, 0.29) is 30.2 Å². The highest BCUT2D eigenvalue weighted by Crippen LogP contribution is 2.28. The van der Waals surface area contributed by atoms with Gasteiger partial charge in [-0.3, -0.25) is 24.0 Å². The van der Waals surface area contributed by atoms with Crippen molar-refractivity contribution in [2.45, 2.75) is 45.7 Å². The van der Waals surface area contributed by atoms with E-state index in [0.717, 1.165) is 45.1 Å². The molecule has 0 spiro atoms. The van der Waals surface area contributed by atoms with Gasteiger partial charge in [-0.25, -0.2) is 8.42 Å². The minimum atomic E-state index is -4.06. The topological polar surface area (TPSA) is 130 Å². The molecule has 12 heteroatoms. The summed E-state index contributed by atoms with van der Waals surface area (Å²) in [5.74, 6) is -0.976. The Balaban J connectivity index is 2.08. The number of amides is 2. The van der Waals surface area contributed by atoms with Gasteiger partial charge in [-0.1, -0.05) is 77.8 Å². The Morgan fingerprint density at radius 1 is 1.02 bits per heavy atom. The molecule has 10 nitrogen and oxygen atoms in total. The number of aryl methyl sites for hydroxylation is 1. The third kappa shape index (κ3) is 9.12. The standard InChI is InChI=1S/C30H35BrN4O6S/c1-4-5-17-32-30(37)28(18-23-9-7-6-8-10-23)33(20-24-12-14-25(31)15-13-24)29(36)21-34(42(3,40)41)27-19-26(35(38)39)16-11-22(27)2/h6-16,19,28H,4-5,17-18,20-21H2,1-3H3,(H,32,37). The number of hydrogen-bond acceptors (Lipinski definition) is 6. The van der Waals surface area contributed by atoms with Crippen molar-refractivity contribution in [2.24, 2.45) is 0 Å². The minimum Gasteiger partial charge on any atom is -0.354 e. The molecule has 3 aromatic carbocycles. The molecule has 0 aliphatic rings. The zero-order chi connectivity index (χ0) is 30.9. The van der Waals surface area contributed by atoms with E-state index in [1.54, 1.807) is 6.92 Å². The molecule has 1 N–H and O–H groups in total. The van der Waals surface area contributed by atoms with Crippen LogP contribution in [0.4, 0.5) is 11.4 Å². The third-order valence-electron chi connectivity index (χ3n) is 6.72. The Labute approximate surface area is 255 Å². The number of nitro groups is 1. The van der Waals surface area contributed by atoms with Crippen LogP contribution >= 0.6 is 15.9 Å². The summed E-state index contributed by atoms with van der Waals surface area (Å²) in [6.45, 7) is 3.44. The Kier molecular flexibility index (Phi) is 11.6. The average molecular weight is 660 g/mol. The molecule has 3 rings (SSSR count). The molecular weight excluding hydrogens is 624 g/mol. The zero-order valence-electron chi connectivity index (χ0n) is 23.8. The highest BCUT2D eigenvalue weighted by Gasteiger charge is 2.33. The van der Waals surface area contributed by atoms with E-state index in [4.69, 9.17) is 0 Å². The van der Waals surface area contributed by atoms with Crippen LogP contribution in [0, 0.1) is 17.0 Å². The van der Waals surface area contributed by atoms with Crippen LogP contribution in [0.15, 0.2) is 77.3 Å². The van der Waals surface area contributed by atoms with Gasteiger partial charge in [0.1, 0.15) is 12.6 Å². The molecule has 0 aliphatic heterocycles. The van der Waals surface area contributed by atoms with Gasteiger partial charge in [-0.2, -0.15) is 0 Å². The molecule has 0 aliphatic carbocycles. The fourth-order valence-corrected chi connectivity index (χ4v) is 5.58. The molecule has 1 unspecified atom stereocenters. The van der Waals surface area contributed by atoms with Crippen LogP contribution in [0.5, 0.6) is 0 Å². The number of non-ortho nitro benzene ring substituents is 1. The number of rotatable bonds is 14. The van der Waals surface area contributed by atoms with E-state index >= 15 is 0 Å². The van der Waals surface area contributed by atoms with E-state index in [9.17, 15) is 28.1 Å². The number of hydrogen-bond donors (Lipinski definition) is 1. The lowest BCUT2D eigenvalue weighted by molar-refractivity contribution is -0.384. The van der Waals surface area contributed by atoms with Crippen molar-refractivity contribution in [2.75, 3.05) is 23.7 Å². The van der Waals surface area contributed by atoms with Crippen LogP contribution in [-0.2, 0) is 32.6 Å². The first-order valence-corrected chi connectivity index (χ1v) is 16.1. The number of nitrogens with one attached hydrogen (secondary N) is 1. The molecule has 224 valence electrons. The van der Waals surface area contributed by atoms with Crippen LogP contribution in [-0.4, -0.2) is 55.4 Å². The largest absolute Gasteiger partial charge is 0.354 e. The van der Waals surface area contributed by atoms with Crippen molar-refractivity contribution < 1.29 is 22.9 Å². The molecule has 2 amide bonds. The quantitative estimate of drug-likeness (QED) is 0.148. The predicted octanol–water partition coefficient (Wildman–Crippen LogP) is 4.99. The Hall–Kier alpha value is -3.77. The number of halogens is 1. The maximum absolute atomic E-state index is 14.1. The van der Waals surface area contributed by atoms with Crippen LogP contribution in [0.25, 0.3) is 0 Å². The summed E-state index contributed by atoms with van der Waals surface area (Å²) < 4.78 is 27.7. The molecule has 0 bridgehead atoms. The smallest absolute Gasteiger partial charge is 0.271 e. The summed E-state index contributed by atoms with van der Waals surface area (Å²) in [6.07, 6.45) is 2.78. The molecule has 0 heterocycles. The summed E-state index contributed by atoms with van der Waals surface area (Å²) in [5, 5.41) is 14.4. The molecule has 0 radical (unpaired) electrons. The second-order valence-electron chi connectivity index (χ2n) is 10.00. The Morgan fingerprint density at radius 2 is 1.69 bits per heavy atom. The lowest BCUT2D eigenvalue weighted by atomic mass is 10.0. The van der Waals surface area contributed by atoms with Crippen LogP contribution in [0.3, 0.4) is 0 Å². The van der Waals surface area contributed by atoms with Crippen molar-refractivity contribution >= 4 is 49.1 Å². The fourth-order valence-electron chi connectivity index (χ4n) is 4.42. The van der Waals surface area contributed by atoms with Crippen molar-refractivity contribution in [3.63, 3.8) is 0 Å².